The van der Waals surface area contributed by atoms with Gasteiger partial charge in [0.1, 0.15) is 0 Å². The lowest BCUT2D eigenvalue weighted by atomic mass is 9.83. The SMILES string of the molecule is CCC1(CNC(=NC)N2CCS(=O)(=O)C(C)(C)C2)CCCC1. The van der Waals surface area contributed by atoms with E-state index in [9.17, 15) is 8.42 Å². The summed E-state index contributed by atoms with van der Waals surface area (Å²) in [5.41, 5.74) is 0.396. The second-order valence-electron chi connectivity index (χ2n) is 7.46. The van der Waals surface area contributed by atoms with E-state index in [-0.39, 0.29) is 5.75 Å². The van der Waals surface area contributed by atoms with Crippen molar-refractivity contribution in [2.24, 2.45) is 10.4 Å². The molecular formula is C16H31N3O2S. The topological polar surface area (TPSA) is 61.8 Å². The van der Waals surface area contributed by atoms with Crippen LogP contribution in [0.4, 0.5) is 0 Å². The Hall–Kier alpha value is -0.780. The Kier molecular flexibility index (Phi) is 5.09. The predicted octanol–water partition coefficient (Wildman–Crippen LogP) is 2.04. The van der Waals surface area contributed by atoms with Crippen molar-refractivity contribution >= 4 is 15.8 Å². The summed E-state index contributed by atoms with van der Waals surface area (Å²) in [5, 5.41) is 3.52. The Bertz CT molecular complexity index is 520. The zero-order chi connectivity index (χ0) is 16.4. The summed E-state index contributed by atoms with van der Waals surface area (Å²) < 4.78 is 23.6. The molecule has 2 aliphatic rings. The summed E-state index contributed by atoms with van der Waals surface area (Å²) in [4.78, 5) is 6.48. The van der Waals surface area contributed by atoms with Gasteiger partial charge in [-0.15, -0.1) is 0 Å². The summed E-state index contributed by atoms with van der Waals surface area (Å²) in [6.07, 6.45) is 6.41. The lowest BCUT2D eigenvalue weighted by molar-refractivity contribution is 0.274. The Balaban J connectivity index is 2.01. The molecule has 1 saturated heterocycles. The van der Waals surface area contributed by atoms with Gasteiger partial charge in [0.15, 0.2) is 15.8 Å². The first-order valence-corrected chi connectivity index (χ1v) is 10.1. The van der Waals surface area contributed by atoms with Crippen LogP contribution in [0, 0.1) is 5.41 Å². The molecule has 0 amide bonds. The largest absolute Gasteiger partial charge is 0.356 e. The summed E-state index contributed by atoms with van der Waals surface area (Å²) in [6, 6.07) is 0. The van der Waals surface area contributed by atoms with Crippen LogP contribution >= 0.6 is 0 Å². The molecule has 0 aromatic heterocycles. The molecule has 1 aliphatic heterocycles. The van der Waals surface area contributed by atoms with Gasteiger partial charge in [0.05, 0.1) is 10.5 Å². The maximum atomic E-state index is 12.1. The molecule has 0 radical (unpaired) electrons. The molecule has 2 fully saturated rings. The van der Waals surface area contributed by atoms with E-state index in [1.807, 2.05) is 13.8 Å². The van der Waals surface area contributed by atoms with Gasteiger partial charge in [-0.3, -0.25) is 4.99 Å². The van der Waals surface area contributed by atoms with Crippen molar-refractivity contribution in [3.8, 4) is 0 Å². The fourth-order valence-electron chi connectivity index (χ4n) is 3.70. The van der Waals surface area contributed by atoms with Crippen LogP contribution in [0.1, 0.15) is 52.9 Å². The third-order valence-electron chi connectivity index (χ3n) is 5.59. The van der Waals surface area contributed by atoms with E-state index < -0.39 is 14.6 Å². The van der Waals surface area contributed by atoms with Gasteiger partial charge in [0.2, 0.25) is 0 Å². The van der Waals surface area contributed by atoms with Crippen LogP contribution in [0.15, 0.2) is 4.99 Å². The van der Waals surface area contributed by atoms with Crippen LogP contribution < -0.4 is 5.32 Å². The molecule has 22 heavy (non-hydrogen) atoms. The number of hydrogen-bond donors (Lipinski definition) is 1. The minimum atomic E-state index is -3.01. The summed E-state index contributed by atoms with van der Waals surface area (Å²) >= 11 is 0. The Morgan fingerprint density at radius 1 is 1.27 bits per heavy atom. The second kappa shape index (κ2) is 6.38. The molecule has 1 N–H and O–H groups in total. The summed E-state index contributed by atoms with van der Waals surface area (Å²) in [7, 11) is -1.22. The molecular weight excluding hydrogens is 298 g/mol. The van der Waals surface area contributed by atoms with E-state index in [1.165, 1.54) is 32.1 Å². The van der Waals surface area contributed by atoms with Gasteiger partial charge in [0.25, 0.3) is 0 Å². The number of hydrogen-bond acceptors (Lipinski definition) is 3. The summed E-state index contributed by atoms with van der Waals surface area (Å²) in [5.74, 6) is 1.06. The molecule has 6 heteroatoms. The van der Waals surface area contributed by atoms with Crippen LogP contribution in [-0.4, -0.2) is 56.5 Å². The van der Waals surface area contributed by atoms with Gasteiger partial charge in [-0.25, -0.2) is 8.42 Å². The van der Waals surface area contributed by atoms with Crippen molar-refractivity contribution < 1.29 is 8.42 Å². The molecule has 0 aromatic rings. The quantitative estimate of drug-likeness (QED) is 0.636. The van der Waals surface area contributed by atoms with Gasteiger partial charge < -0.3 is 10.2 Å². The van der Waals surface area contributed by atoms with Gasteiger partial charge >= 0.3 is 0 Å². The monoisotopic (exact) mass is 329 g/mol. The molecule has 0 aromatic carbocycles. The maximum absolute atomic E-state index is 12.1. The predicted molar refractivity (Wildman–Crippen MR) is 92.0 cm³/mol. The highest BCUT2D eigenvalue weighted by Crippen LogP contribution is 2.40. The van der Waals surface area contributed by atoms with Crippen molar-refractivity contribution in [2.75, 3.05) is 32.4 Å². The average molecular weight is 330 g/mol. The second-order valence-corrected chi connectivity index (χ2v) is 10.2. The molecule has 5 nitrogen and oxygen atoms in total. The first-order valence-electron chi connectivity index (χ1n) is 8.43. The fourth-order valence-corrected chi connectivity index (χ4v) is 5.07. The minimum absolute atomic E-state index is 0.208. The first kappa shape index (κ1) is 17.6. The van der Waals surface area contributed by atoms with Crippen molar-refractivity contribution in [1.29, 1.82) is 0 Å². The number of aliphatic imine (C=N–C) groups is 1. The molecule has 0 bridgehead atoms. The minimum Gasteiger partial charge on any atom is -0.356 e. The van der Waals surface area contributed by atoms with E-state index in [1.54, 1.807) is 7.05 Å². The van der Waals surface area contributed by atoms with Crippen LogP contribution in [0.25, 0.3) is 0 Å². The van der Waals surface area contributed by atoms with E-state index in [4.69, 9.17) is 0 Å². The first-order chi connectivity index (χ1) is 10.3. The Morgan fingerprint density at radius 2 is 1.91 bits per heavy atom. The van der Waals surface area contributed by atoms with Crippen LogP contribution in [0.2, 0.25) is 0 Å². The Morgan fingerprint density at radius 3 is 2.41 bits per heavy atom. The molecule has 0 spiro atoms. The van der Waals surface area contributed by atoms with Crippen molar-refractivity contribution in [3.63, 3.8) is 0 Å². The van der Waals surface area contributed by atoms with Crippen LogP contribution in [0.3, 0.4) is 0 Å². The molecule has 128 valence electrons. The fraction of sp³-hybridized carbons (Fsp3) is 0.938. The molecule has 1 heterocycles. The number of rotatable bonds is 3. The highest BCUT2D eigenvalue weighted by molar-refractivity contribution is 7.92. The maximum Gasteiger partial charge on any atom is 0.193 e. The van der Waals surface area contributed by atoms with Gasteiger partial charge in [-0.1, -0.05) is 19.8 Å². The van der Waals surface area contributed by atoms with E-state index in [0.717, 1.165) is 12.5 Å². The number of nitrogens with zero attached hydrogens (tertiary/aromatic N) is 2. The average Bonchev–Trinajstić information content (AvgIpc) is 2.93. The number of sulfone groups is 1. The zero-order valence-corrected chi connectivity index (χ0v) is 15.3. The number of guanidine groups is 1. The number of nitrogens with one attached hydrogen (secondary N) is 1. The molecule has 0 unspecified atom stereocenters. The van der Waals surface area contributed by atoms with Gasteiger partial charge in [-0.2, -0.15) is 0 Å². The normalized spacial score (nSPS) is 26.9. The van der Waals surface area contributed by atoms with E-state index in [0.29, 0.717) is 18.5 Å². The van der Waals surface area contributed by atoms with E-state index in [2.05, 4.69) is 22.1 Å². The van der Waals surface area contributed by atoms with Gasteiger partial charge in [0, 0.05) is 26.7 Å². The Labute approximate surface area is 135 Å². The third kappa shape index (κ3) is 3.42. The van der Waals surface area contributed by atoms with Crippen LogP contribution in [-0.2, 0) is 9.84 Å². The summed E-state index contributed by atoms with van der Waals surface area (Å²) in [6.45, 7) is 7.88. The zero-order valence-electron chi connectivity index (χ0n) is 14.5. The van der Waals surface area contributed by atoms with Crippen molar-refractivity contribution in [3.05, 3.63) is 0 Å². The highest BCUT2D eigenvalue weighted by atomic mass is 32.2. The lowest BCUT2D eigenvalue weighted by Crippen LogP contribution is -2.58. The molecule has 0 atom stereocenters. The standard InChI is InChI=1S/C16H31N3O2S/c1-5-16(8-6-7-9-16)12-18-14(17-4)19-10-11-22(20,21)15(2,3)13-19/h5-13H2,1-4H3,(H,17,18). The van der Waals surface area contributed by atoms with Gasteiger partial charge in [-0.05, 0) is 38.5 Å². The molecule has 2 rings (SSSR count). The van der Waals surface area contributed by atoms with Crippen molar-refractivity contribution in [2.45, 2.75) is 57.6 Å². The smallest absolute Gasteiger partial charge is 0.193 e. The van der Waals surface area contributed by atoms with Crippen LogP contribution in [0.5, 0.6) is 0 Å². The lowest BCUT2D eigenvalue weighted by Gasteiger charge is -2.40. The third-order valence-corrected chi connectivity index (χ3v) is 8.12. The molecule has 1 saturated carbocycles. The highest BCUT2D eigenvalue weighted by Gasteiger charge is 2.41. The molecule has 1 aliphatic carbocycles. The van der Waals surface area contributed by atoms with E-state index >= 15 is 0 Å². The van der Waals surface area contributed by atoms with Crippen molar-refractivity contribution in [1.82, 2.24) is 10.2 Å².